The number of esters is 2. The molecule has 5 aliphatic rings. The normalized spacial score (nSPS) is 21.0. The zero-order chi connectivity index (χ0) is 82.8. The van der Waals surface area contributed by atoms with E-state index < -0.39 is 8.07 Å². The van der Waals surface area contributed by atoms with E-state index in [1.54, 1.807) is 20.1 Å². The van der Waals surface area contributed by atoms with Gasteiger partial charge in [0.2, 0.25) is 0 Å². The fourth-order valence-corrected chi connectivity index (χ4v) is 16.0. The first kappa shape index (κ1) is 110. The number of allylic oxidation sites excluding steroid dienone is 1. The Hall–Kier alpha value is -5.23. The number of aliphatic hydroxyl groups excluding tert-OH is 2. The molecule has 0 radical (unpaired) electrons. The van der Waals surface area contributed by atoms with Crippen molar-refractivity contribution in [2.24, 2.45) is 59.2 Å². The molecule has 0 bridgehead atoms. The fraction of sp³-hybridized carbons (Fsp3) is 0.624. The monoisotopic (exact) mass is 1630 g/mol. The number of halogens is 2. The molecule has 10 unspecified atom stereocenters. The van der Waals surface area contributed by atoms with Gasteiger partial charge < -0.3 is 49.7 Å². The van der Waals surface area contributed by atoms with Gasteiger partial charge in [-0.25, -0.2) is 4.79 Å². The molecule has 0 saturated carbocycles. The van der Waals surface area contributed by atoms with Crippen LogP contribution in [0.2, 0.25) is 19.6 Å². The van der Waals surface area contributed by atoms with Gasteiger partial charge in [-0.05, 0) is 141 Å². The SMILES string of the molecule is C.C.C/C=C/C(=O)OC.CC1CN(Cc2ccccc2)CC1C=O.CC1CN(Cc2ccccc2)CC1CO.CCN(CC)CC1CN(Cc2ccccc2)CC1C.CCN(CC)CC1CNCC1C.CCNCC.CO.COC(=O)C1CN(Cc2ccccc2)CC1C.COCN(Cc1ccccc1)C[Si](C)(C)C.ClCCl. The summed E-state index contributed by atoms with van der Waals surface area (Å²) in [5.41, 5.74) is 6.79. The third-order valence-corrected chi connectivity index (χ3v) is 22.1. The standard InChI is InChI=1S/C17H28N2.C14H19NO2.C13H23NOSi.C13H19NO.C13H17NO.C10H22N2.C5H8O2.C4H11N.CH2Cl2.CH4O.2CH4/c1-4-18(5-2)13-17-14-19(11-15(17)3)12-16-9-7-6-8-10-16;1-11-8-15(10-13(11)14(16)17-2)9-12-6-4-3-5-7-12;1-15-11-14(12-16(2,3)4)10-13-8-6-5-7-9-13;2*1-11-7-14(9-13(11)10-15)8-12-5-3-2-4-6-12;1-4-12(5-2)8-10-7-11-6-9(10)3;1-3-4-5(6)7-2;1-3-5-4-2;2-1-3;1-2;;/h6-10,15,17H,4-5,11-14H2,1-3H3;3-7,11,13H,8-10H2,1-2H3;5-9H,10-12H2,1-4H3;2-6,11,13,15H,7-10H2,1H3;2-6,10-11,13H,7-9H2,1H3;9-11H,4-8H2,1-3H3;3-4H,1-2H3;5H,3-4H2,1-2H3;1H2;2H,1H3;2*1H4/b;;;;;;4-3+;;;;;. The number of aliphatic hydroxyl groups is 2. The lowest BCUT2D eigenvalue weighted by molar-refractivity contribution is -0.146. The van der Waals surface area contributed by atoms with Gasteiger partial charge in [0, 0.05) is 131 Å². The Morgan fingerprint density at radius 2 is 0.885 bits per heavy atom. The van der Waals surface area contributed by atoms with E-state index in [0.29, 0.717) is 30.3 Å². The molecule has 5 aliphatic heterocycles. The van der Waals surface area contributed by atoms with Crippen molar-refractivity contribution >= 4 is 49.5 Å². The highest BCUT2D eigenvalue weighted by atomic mass is 35.5. The van der Waals surface area contributed by atoms with Crippen molar-refractivity contribution in [2.75, 3.05) is 171 Å². The van der Waals surface area contributed by atoms with Crippen LogP contribution in [0.5, 0.6) is 0 Å². The highest BCUT2D eigenvalue weighted by Crippen LogP contribution is 2.28. The number of aldehydes is 1. The number of likely N-dealkylation sites (tertiary alicyclic amines) is 4. The van der Waals surface area contributed by atoms with Crippen LogP contribution >= 0.6 is 23.2 Å². The second-order valence-corrected chi connectivity index (χ2v) is 37.4. The lowest BCUT2D eigenvalue weighted by Gasteiger charge is -2.28. The first-order chi connectivity index (χ1) is 53.4. The number of rotatable bonds is 28. The molecule has 5 heterocycles. The first-order valence-corrected chi connectivity index (χ1v) is 45.8. The second-order valence-electron chi connectivity index (χ2n) is 31.2. The van der Waals surface area contributed by atoms with Crippen LogP contribution in [0.25, 0.3) is 0 Å². The Morgan fingerprint density at radius 1 is 0.513 bits per heavy atom. The minimum absolute atomic E-state index is 0. The molecule has 5 aromatic carbocycles. The summed E-state index contributed by atoms with van der Waals surface area (Å²) in [7, 11) is 4.52. The Kier molecular flexibility index (Phi) is 65.8. The maximum absolute atomic E-state index is 11.6. The molecule has 4 N–H and O–H groups in total. The van der Waals surface area contributed by atoms with E-state index in [1.165, 1.54) is 120 Å². The smallest absolute Gasteiger partial charge is 0.330 e. The summed E-state index contributed by atoms with van der Waals surface area (Å²) in [4.78, 5) is 49.7. The van der Waals surface area contributed by atoms with Crippen LogP contribution in [0, 0.1) is 59.2 Å². The lowest BCUT2D eigenvalue weighted by Crippen LogP contribution is -2.40. The first-order valence-electron chi connectivity index (χ1n) is 41.0. The van der Waals surface area contributed by atoms with E-state index in [0.717, 1.165) is 129 Å². The third-order valence-electron chi connectivity index (χ3n) is 20.7. The van der Waals surface area contributed by atoms with Crippen molar-refractivity contribution in [1.29, 1.82) is 0 Å². The van der Waals surface area contributed by atoms with Gasteiger partial charge in [0.05, 0.1) is 40.3 Å². The molecule has 10 atom stereocenters. The van der Waals surface area contributed by atoms with Crippen molar-refractivity contribution in [3.63, 3.8) is 0 Å². The number of methoxy groups -OCH3 is 3. The largest absolute Gasteiger partial charge is 0.469 e. The Bertz CT molecular complexity index is 3040. The second kappa shape index (κ2) is 67.8. The maximum Gasteiger partial charge on any atom is 0.330 e. The third kappa shape index (κ3) is 49.6. The van der Waals surface area contributed by atoms with Crippen LogP contribution in [0.4, 0.5) is 0 Å². The van der Waals surface area contributed by atoms with Crippen LogP contribution in [-0.2, 0) is 61.3 Å². The van der Waals surface area contributed by atoms with Crippen LogP contribution in [0.3, 0.4) is 0 Å². The number of hydrogen-bond acceptors (Lipinski definition) is 17. The quantitative estimate of drug-likeness (QED) is 0.00932. The predicted octanol–water partition coefficient (Wildman–Crippen LogP) is 16.5. The molecule has 644 valence electrons. The summed E-state index contributed by atoms with van der Waals surface area (Å²) in [5, 5.41) is 22.9. The van der Waals surface area contributed by atoms with Gasteiger partial charge in [0.1, 0.15) is 6.29 Å². The minimum Gasteiger partial charge on any atom is -0.469 e. The topological polar surface area (TPSA) is 166 Å². The molecule has 10 rings (SSSR count). The van der Waals surface area contributed by atoms with Crippen LogP contribution < -0.4 is 10.6 Å². The van der Waals surface area contributed by atoms with Crippen molar-refractivity contribution in [2.45, 2.75) is 150 Å². The van der Waals surface area contributed by atoms with E-state index in [9.17, 15) is 19.5 Å². The van der Waals surface area contributed by atoms with Gasteiger partial charge in [-0.2, -0.15) is 0 Å². The highest BCUT2D eigenvalue weighted by molar-refractivity contribution is 6.76. The molecule has 0 amide bonds. The Labute approximate surface area is 701 Å². The van der Waals surface area contributed by atoms with Crippen LogP contribution in [-0.4, -0.2) is 242 Å². The number of alkyl halides is 2. The fourth-order valence-electron chi connectivity index (χ4n) is 14.5. The van der Waals surface area contributed by atoms with Crippen molar-refractivity contribution in [3.05, 3.63) is 192 Å². The molecule has 0 spiro atoms. The van der Waals surface area contributed by atoms with E-state index in [2.05, 4.69) is 267 Å². The predicted molar refractivity (Wildman–Crippen MR) is 485 cm³/mol. The van der Waals surface area contributed by atoms with Gasteiger partial charge in [0.25, 0.3) is 0 Å². The summed E-state index contributed by atoms with van der Waals surface area (Å²) in [6.07, 6.45) is 5.28. The lowest BCUT2D eigenvalue weighted by atomic mass is 9.98. The molecule has 17 nitrogen and oxygen atoms in total. The number of ether oxygens (including phenoxy) is 3. The van der Waals surface area contributed by atoms with Crippen LogP contribution in [0.15, 0.2) is 164 Å². The number of benzene rings is 5. The van der Waals surface area contributed by atoms with Gasteiger partial charge in [0.15, 0.2) is 0 Å². The molecular formula is C93H161Cl2N9O8Si. The molecule has 5 fully saturated rings. The maximum atomic E-state index is 11.6. The molecule has 0 aromatic heterocycles. The number of hydrogen-bond donors (Lipinski definition) is 4. The van der Waals surface area contributed by atoms with Crippen molar-refractivity contribution < 1.29 is 38.8 Å². The van der Waals surface area contributed by atoms with Crippen molar-refractivity contribution in [3.8, 4) is 0 Å². The van der Waals surface area contributed by atoms with E-state index in [1.807, 2.05) is 30.3 Å². The molecule has 20 heteroatoms. The molecule has 113 heavy (non-hydrogen) atoms. The molecule has 0 aliphatic carbocycles. The highest BCUT2D eigenvalue weighted by Gasteiger charge is 2.36. The Balaban J connectivity index is 0. The van der Waals surface area contributed by atoms with Crippen LogP contribution in [0.1, 0.15) is 126 Å². The number of nitrogens with zero attached hydrogens (tertiary/aromatic N) is 7. The number of nitrogens with one attached hydrogen (secondary N) is 2. The van der Waals surface area contributed by atoms with E-state index >= 15 is 0 Å². The molecule has 5 aromatic rings. The van der Waals surface area contributed by atoms with Crippen molar-refractivity contribution in [1.82, 2.24) is 44.9 Å². The summed E-state index contributed by atoms with van der Waals surface area (Å²) in [6, 6.07) is 52.8. The summed E-state index contributed by atoms with van der Waals surface area (Å²) < 4.78 is 14.4. The average Bonchev–Trinajstić information content (AvgIpc) is 1.69. The molecule has 5 saturated heterocycles. The minimum atomic E-state index is -1.07. The molecular weight excluding hydrogens is 1470 g/mol. The summed E-state index contributed by atoms with van der Waals surface area (Å²) >= 11 is 9.53. The zero-order valence-electron chi connectivity index (χ0n) is 72.3. The summed E-state index contributed by atoms with van der Waals surface area (Å²) in [5.74, 6) is 5.27. The van der Waals surface area contributed by atoms with Gasteiger partial charge in [-0.1, -0.05) is 268 Å². The van der Waals surface area contributed by atoms with E-state index in [4.69, 9.17) is 37.8 Å². The summed E-state index contributed by atoms with van der Waals surface area (Å²) in [6.45, 7) is 59.8. The number of carbonyl (C=O) groups is 3. The van der Waals surface area contributed by atoms with E-state index in [-0.39, 0.29) is 44.0 Å². The Morgan fingerprint density at radius 3 is 1.19 bits per heavy atom. The average molecular weight is 1630 g/mol. The van der Waals surface area contributed by atoms with Gasteiger partial charge in [-0.15, -0.1) is 23.2 Å². The number of carbonyl (C=O) groups excluding carboxylic acids is 3. The zero-order valence-corrected chi connectivity index (χ0v) is 74.8. The van der Waals surface area contributed by atoms with Gasteiger partial charge >= 0.3 is 11.9 Å². The van der Waals surface area contributed by atoms with Gasteiger partial charge in [-0.3, -0.25) is 29.3 Å².